The van der Waals surface area contributed by atoms with Crippen molar-refractivity contribution in [2.75, 3.05) is 39.3 Å². The van der Waals surface area contributed by atoms with E-state index in [0.29, 0.717) is 6.54 Å². The molecule has 5 nitrogen and oxygen atoms in total. The van der Waals surface area contributed by atoms with Gasteiger partial charge in [0.1, 0.15) is 0 Å². The van der Waals surface area contributed by atoms with E-state index in [-0.39, 0.29) is 23.7 Å². The molecule has 2 heterocycles. The second-order valence-electron chi connectivity index (χ2n) is 5.00. The second-order valence-corrected chi connectivity index (χ2v) is 5.00. The Balaban J connectivity index is 1.86. The van der Waals surface area contributed by atoms with Gasteiger partial charge in [-0.1, -0.05) is 13.8 Å². The lowest BCUT2D eigenvalue weighted by molar-refractivity contribution is -0.140. The highest BCUT2D eigenvalue weighted by Crippen LogP contribution is 2.24. The maximum Gasteiger partial charge on any atom is 0.232 e. The fraction of sp³-hybridized carbons (Fsp3) is 0.833. The van der Waals surface area contributed by atoms with Crippen LogP contribution in [0.1, 0.15) is 13.8 Å². The van der Waals surface area contributed by atoms with Crippen LogP contribution >= 0.6 is 0 Å². The predicted octanol–water partition coefficient (Wildman–Crippen LogP) is -0.467. The van der Waals surface area contributed by atoms with Crippen LogP contribution < -0.4 is 5.32 Å². The van der Waals surface area contributed by atoms with Crippen LogP contribution in [0.25, 0.3) is 0 Å². The quantitative estimate of drug-likeness (QED) is 0.677. The summed E-state index contributed by atoms with van der Waals surface area (Å²) in [6.45, 7) is 9.03. The van der Waals surface area contributed by atoms with Gasteiger partial charge in [0.15, 0.2) is 0 Å². The number of amides is 2. The average molecular weight is 239 g/mol. The molecular formula is C12H21N3O2. The zero-order valence-corrected chi connectivity index (χ0v) is 10.6. The van der Waals surface area contributed by atoms with E-state index in [9.17, 15) is 9.59 Å². The first-order valence-electron chi connectivity index (χ1n) is 6.39. The van der Waals surface area contributed by atoms with E-state index in [1.165, 1.54) is 4.90 Å². The Morgan fingerprint density at radius 3 is 2.12 bits per heavy atom. The standard InChI is InChI=1S/C12H21N3O2/c1-9-10(2)12(17)15(11(9)16)8-7-14-5-3-13-4-6-14/h9-10,13H,3-8H2,1-2H3. The third-order valence-electron chi connectivity index (χ3n) is 3.91. The molecule has 2 aliphatic heterocycles. The van der Waals surface area contributed by atoms with Crippen LogP contribution in [-0.4, -0.2) is 60.9 Å². The molecule has 2 unspecified atom stereocenters. The molecule has 0 bridgehead atoms. The van der Waals surface area contributed by atoms with Crippen molar-refractivity contribution in [3.63, 3.8) is 0 Å². The molecule has 0 saturated carbocycles. The maximum atomic E-state index is 11.9. The summed E-state index contributed by atoms with van der Waals surface area (Å²) < 4.78 is 0. The zero-order chi connectivity index (χ0) is 12.4. The third kappa shape index (κ3) is 2.50. The molecule has 2 aliphatic rings. The van der Waals surface area contributed by atoms with Gasteiger partial charge in [0, 0.05) is 51.1 Å². The Bertz CT molecular complexity index is 293. The van der Waals surface area contributed by atoms with Crippen molar-refractivity contribution < 1.29 is 9.59 Å². The molecule has 1 N–H and O–H groups in total. The van der Waals surface area contributed by atoms with Crippen molar-refractivity contribution in [2.24, 2.45) is 11.8 Å². The van der Waals surface area contributed by atoms with Crippen LogP contribution in [0.15, 0.2) is 0 Å². The van der Waals surface area contributed by atoms with Gasteiger partial charge in [-0.2, -0.15) is 0 Å². The minimum Gasteiger partial charge on any atom is -0.314 e. The second kappa shape index (κ2) is 5.14. The summed E-state index contributed by atoms with van der Waals surface area (Å²) >= 11 is 0. The zero-order valence-electron chi connectivity index (χ0n) is 10.6. The molecule has 0 spiro atoms. The molecule has 0 aromatic heterocycles. The van der Waals surface area contributed by atoms with Gasteiger partial charge in [0.2, 0.25) is 11.8 Å². The minimum atomic E-state index is -0.148. The number of hydrogen-bond acceptors (Lipinski definition) is 4. The summed E-state index contributed by atoms with van der Waals surface area (Å²) in [7, 11) is 0. The highest BCUT2D eigenvalue weighted by atomic mass is 16.2. The summed E-state index contributed by atoms with van der Waals surface area (Å²) in [5, 5.41) is 3.29. The Labute approximate surface area is 102 Å². The first kappa shape index (κ1) is 12.5. The fourth-order valence-corrected chi connectivity index (χ4v) is 2.42. The normalized spacial score (nSPS) is 31.3. The lowest BCUT2D eigenvalue weighted by Crippen LogP contribution is -2.47. The van der Waals surface area contributed by atoms with Crippen LogP contribution in [-0.2, 0) is 9.59 Å². The van der Waals surface area contributed by atoms with E-state index in [1.54, 1.807) is 0 Å². The van der Waals surface area contributed by atoms with Crippen LogP contribution in [0.2, 0.25) is 0 Å². The molecule has 17 heavy (non-hydrogen) atoms. The van der Waals surface area contributed by atoms with E-state index in [0.717, 1.165) is 32.7 Å². The Kier molecular flexibility index (Phi) is 3.79. The molecule has 2 amide bonds. The molecule has 2 fully saturated rings. The monoisotopic (exact) mass is 239 g/mol. The van der Waals surface area contributed by atoms with Crippen molar-refractivity contribution in [3.05, 3.63) is 0 Å². The molecule has 2 atom stereocenters. The van der Waals surface area contributed by atoms with Crippen LogP contribution in [0.4, 0.5) is 0 Å². The van der Waals surface area contributed by atoms with E-state index in [4.69, 9.17) is 0 Å². The molecule has 0 radical (unpaired) electrons. The molecule has 2 saturated heterocycles. The van der Waals surface area contributed by atoms with E-state index >= 15 is 0 Å². The van der Waals surface area contributed by atoms with Gasteiger partial charge >= 0.3 is 0 Å². The van der Waals surface area contributed by atoms with Crippen molar-refractivity contribution in [1.82, 2.24) is 15.1 Å². The van der Waals surface area contributed by atoms with Crippen molar-refractivity contribution in [3.8, 4) is 0 Å². The SMILES string of the molecule is CC1C(=O)N(CCN2CCNCC2)C(=O)C1C. The summed E-state index contributed by atoms with van der Waals surface area (Å²) in [6.07, 6.45) is 0. The summed E-state index contributed by atoms with van der Waals surface area (Å²) in [6, 6.07) is 0. The van der Waals surface area contributed by atoms with Gasteiger partial charge in [-0.15, -0.1) is 0 Å². The Morgan fingerprint density at radius 2 is 1.59 bits per heavy atom. The van der Waals surface area contributed by atoms with Crippen LogP contribution in [0.5, 0.6) is 0 Å². The van der Waals surface area contributed by atoms with Crippen LogP contribution in [0, 0.1) is 11.8 Å². The number of likely N-dealkylation sites (tertiary alicyclic amines) is 1. The molecule has 0 aliphatic carbocycles. The largest absolute Gasteiger partial charge is 0.314 e. The molecule has 0 aromatic carbocycles. The number of nitrogens with one attached hydrogen (secondary N) is 1. The van der Waals surface area contributed by atoms with Crippen molar-refractivity contribution in [1.29, 1.82) is 0 Å². The van der Waals surface area contributed by atoms with Gasteiger partial charge < -0.3 is 5.32 Å². The van der Waals surface area contributed by atoms with Crippen molar-refractivity contribution >= 4 is 11.8 Å². The van der Waals surface area contributed by atoms with Gasteiger partial charge in [-0.25, -0.2) is 0 Å². The molecule has 0 aromatic rings. The predicted molar refractivity (Wildman–Crippen MR) is 64.4 cm³/mol. The van der Waals surface area contributed by atoms with Gasteiger partial charge in [-0.3, -0.25) is 19.4 Å². The molecule has 2 rings (SSSR count). The number of rotatable bonds is 3. The maximum absolute atomic E-state index is 11.9. The minimum absolute atomic E-state index is 0.00219. The third-order valence-corrected chi connectivity index (χ3v) is 3.91. The summed E-state index contributed by atoms with van der Waals surface area (Å²) in [4.78, 5) is 27.5. The van der Waals surface area contributed by atoms with Gasteiger partial charge in [0.05, 0.1) is 0 Å². The number of imide groups is 1. The fourth-order valence-electron chi connectivity index (χ4n) is 2.42. The highest BCUT2D eigenvalue weighted by Gasteiger charge is 2.41. The molecule has 5 heteroatoms. The number of nitrogens with zero attached hydrogens (tertiary/aromatic N) is 2. The average Bonchev–Trinajstić information content (AvgIpc) is 2.54. The lowest BCUT2D eigenvalue weighted by Gasteiger charge is -2.28. The Morgan fingerprint density at radius 1 is 1.06 bits per heavy atom. The molecular weight excluding hydrogens is 218 g/mol. The first-order valence-corrected chi connectivity index (χ1v) is 6.39. The lowest BCUT2D eigenvalue weighted by atomic mass is 10.00. The van der Waals surface area contributed by atoms with Gasteiger partial charge in [0.25, 0.3) is 0 Å². The summed E-state index contributed by atoms with van der Waals surface area (Å²) in [5.41, 5.74) is 0. The molecule has 96 valence electrons. The van der Waals surface area contributed by atoms with E-state index in [2.05, 4.69) is 10.2 Å². The number of carbonyl (C=O) groups is 2. The smallest absolute Gasteiger partial charge is 0.232 e. The number of piperazine rings is 1. The van der Waals surface area contributed by atoms with E-state index in [1.807, 2.05) is 13.8 Å². The highest BCUT2D eigenvalue weighted by molar-refractivity contribution is 6.04. The number of carbonyl (C=O) groups excluding carboxylic acids is 2. The van der Waals surface area contributed by atoms with Crippen LogP contribution in [0.3, 0.4) is 0 Å². The van der Waals surface area contributed by atoms with E-state index < -0.39 is 0 Å². The van der Waals surface area contributed by atoms with Crippen molar-refractivity contribution in [2.45, 2.75) is 13.8 Å². The number of hydrogen-bond donors (Lipinski definition) is 1. The first-order chi connectivity index (χ1) is 8.11. The van der Waals surface area contributed by atoms with Gasteiger partial charge in [-0.05, 0) is 0 Å². The summed E-state index contributed by atoms with van der Waals surface area (Å²) in [5.74, 6) is -0.300. The Hall–Kier alpha value is -0.940. The topological polar surface area (TPSA) is 52.7 Å².